The zero-order valence-corrected chi connectivity index (χ0v) is 9.20. The summed E-state index contributed by atoms with van der Waals surface area (Å²) in [7, 11) is 2.12. The van der Waals surface area contributed by atoms with Crippen molar-refractivity contribution in [2.75, 3.05) is 0 Å². The molecular weight excluding hydrogens is 184 g/mol. The second kappa shape index (κ2) is 2.96. The van der Waals surface area contributed by atoms with E-state index in [1.54, 1.807) is 0 Å². The Hall–Kier alpha value is -1.57. The van der Waals surface area contributed by atoms with Gasteiger partial charge in [0.2, 0.25) is 0 Å². The van der Waals surface area contributed by atoms with Crippen LogP contribution in [0.15, 0.2) is 30.6 Å². The predicted molar refractivity (Wildman–Crippen MR) is 59.5 cm³/mol. The Labute approximate surface area is 89.8 Å². The van der Waals surface area contributed by atoms with Crippen LogP contribution in [0.1, 0.15) is 11.1 Å². The second-order valence-electron chi connectivity index (χ2n) is 4.29. The maximum absolute atomic E-state index is 2.34. The third-order valence-corrected chi connectivity index (χ3v) is 3.28. The molecule has 0 aliphatic carbocycles. The zero-order chi connectivity index (χ0) is 10.4. The topological polar surface area (TPSA) is 8.81 Å². The molecular formula is C13H15N2+. The molecule has 2 aromatic rings. The molecule has 1 aromatic heterocycles. The van der Waals surface area contributed by atoms with E-state index in [-0.39, 0.29) is 0 Å². The maximum atomic E-state index is 2.34. The van der Waals surface area contributed by atoms with Crippen molar-refractivity contribution in [2.24, 2.45) is 7.05 Å². The predicted octanol–water partition coefficient (Wildman–Crippen LogP) is 1.84. The molecule has 76 valence electrons. The number of aromatic nitrogens is 2. The first-order chi connectivity index (χ1) is 7.27. The van der Waals surface area contributed by atoms with Crippen molar-refractivity contribution >= 4 is 0 Å². The van der Waals surface area contributed by atoms with Gasteiger partial charge in [0.25, 0.3) is 5.82 Å². The minimum Gasteiger partial charge on any atom is -0.233 e. The molecule has 1 aromatic carbocycles. The molecule has 0 saturated carbocycles. The number of imidazole rings is 1. The van der Waals surface area contributed by atoms with E-state index in [9.17, 15) is 0 Å². The van der Waals surface area contributed by atoms with Crippen molar-refractivity contribution in [3.05, 3.63) is 41.7 Å². The van der Waals surface area contributed by atoms with Crippen LogP contribution in [0, 0.1) is 6.92 Å². The van der Waals surface area contributed by atoms with Gasteiger partial charge in [0, 0.05) is 6.42 Å². The minimum absolute atomic E-state index is 1.10. The van der Waals surface area contributed by atoms with E-state index in [1.165, 1.54) is 22.5 Å². The van der Waals surface area contributed by atoms with Crippen LogP contribution in [-0.4, -0.2) is 4.57 Å². The highest BCUT2D eigenvalue weighted by Gasteiger charge is 2.25. The number of hydrogen-bond donors (Lipinski definition) is 0. The Kier molecular flexibility index (Phi) is 1.72. The molecule has 15 heavy (non-hydrogen) atoms. The molecule has 0 bridgehead atoms. The Morgan fingerprint density at radius 3 is 3.07 bits per heavy atom. The average molecular weight is 199 g/mol. The van der Waals surface area contributed by atoms with Gasteiger partial charge in [-0.15, -0.1) is 0 Å². The largest absolute Gasteiger partial charge is 0.289 e. The van der Waals surface area contributed by atoms with Gasteiger partial charge in [-0.05, 0) is 18.1 Å². The van der Waals surface area contributed by atoms with Gasteiger partial charge >= 0.3 is 0 Å². The number of hydrogen-bond acceptors (Lipinski definition) is 0. The number of nitrogens with zero attached hydrogens (tertiary/aromatic N) is 2. The molecule has 2 heterocycles. The quantitative estimate of drug-likeness (QED) is 0.572. The zero-order valence-electron chi connectivity index (χ0n) is 9.20. The third-order valence-electron chi connectivity index (χ3n) is 3.28. The van der Waals surface area contributed by atoms with E-state index in [0.29, 0.717) is 0 Å². The van der Waals surface area contributed by atoms with E-state index in [4.69, 9.17) is 0 Å². The Morgan fingerprint density at radius 2 is 2.20 bits per heavy atom. The number of benzene rings is 1. The fourth-order valence-corrected chi connectivity index (χ4v) is 2.52. The standard InChI is InChI=1S/C13H15N2/c1-10-4-3-5-11-6-7-15-9-8-14(2)13(15)12(10)11/h3-5,8-9H,6-7H2,1-2H3/q+1. The van der Waals surface area contributed by atoms with Crippen LogP contribution in [0.4, 0.5) is 0 Å². The van der Waals surface area contributed by atoms with Crippen molar-refractivity contribution in [1.82, 2.24) is 4.57 Å². The van der Waals surface area contributed by atoms with E-state index < -0.39 is 0 Å². The molecule has 2 nitrogen and oxygen atoms in total. The molecule has 0 saturated heterocycles. The highest BCUT2D eigenvalue weighted by atomic mass is 15.1. The molecule has 0 unspecified atom stereocenters. The molecule has 3 rings (SSSR count). The summed E-state index contributed by atoms with van der Waals surface area (Å²) < 4.78 is 4.56. The lowest BCUT2D eigenvalue weighted by atomic mass is 9.96. The van der Waals surface area contributed by atoms with Gasteiger partial charge in [0.15, 0.2) is 0 Å². The summed E-state index contributed by atoms with van der Waals surface area (Å²) in [6, 6.07) is 6.60. The maximum Gasteiger partial charge on any atom is 0.289 e. The van der Waals surface area contributed by atoms with Gasteiger partial charge in [0.1, 0.15) is 12.4 Å². The van der Waals surface area contributed by atoms with Gasteiger partial charge in [0.05, 0.1) is 19.2 Å². The van der Waals surface area contributed by atoms with Crippen LogP contribution in [0.25, 0.3) is 11.4 Å². The van der Waals surface area contributed by atoms with E-state index in [1.807, 2.05) is 0 Å². The molecule has 0 radical (unpaired) electrons. The summed E-state index contributed by atoms with van der Waals surface area (Å²) in [5, 5.41) is 0. The minimum atomic E-state index is 1.10. The van der Waals surface area contributed by atoms with Crippen molar-refractivity contribution in [1.29, 1.82) is 0 Å². The molecule has 1 aliphatic rings. The van der Waals surface area contributed by atoms with Crippen LogP contribution >= 0.6 is 0 Å². The number of fused-ring (bicyclic) bond motifs is 3. The van der Waals surface area contributed by atoms with Crippen LogP contribution in [0.3, 0.4) is 0 Å². The molecule has 0 spiro atoms. The highest BCUT2D eigenvalue weighted by molar-refractivity contribution is 5.64. The Morgan fingerprint density at radius 1 is 1.33 bits per heavy atom. The summed E-state index contributed by atoms with van der Waals surface area (Å²) in [6.45, 7) is 3.30. The molecule has 0 fully saturated rings. The SMILES string of the molecule is Cc1cccc2c1-c1n(cc[n+]1C)CC2. The van der Waals surface area contributed by atoms with E-state index in [0.717, 1.165) is 13.0 Å². The Balaban J connectivity index is 2.36. The lowest BCUT2D eigenvalue weighted by molar-refractivity contribution is -0.659. The molecule has 0 atom stereocenters. The molecule has 2 heteroatoms. The van der Waals surface area contributed by atoms with Crippen molar-refractivity contribution in [2.45, 2.75) is 19.9 Å². The van der Waals surface area contributed by atoms with Gasteiger partial charge in [-0.2, -0.15) is 0 Å². The fraction of sp³-hybridized carbons (Fsp3) is 0.308. The highest BCUT2D eigenvalue weighted by Crippen LogP contribution is 2.29. The monoisotopic (exact) mass is 199 g/mol. The third kappa shape index (κ3) is 1.14. The van der Waals surface area contributed by atoms with Crippen LogP contribution in [-0.2, 0) is 20.0 Å². The van der Waals surface area contributed by atoms with E-state index >= 15 is 0 Å². The van der Waals surface area contributed by atoms with E-state index in [2.05, 4.69) is 53.7 Å². The summed E-state index contributed by atoms with van der Waals surface area (Å²) in [5.41, 5.74) is 4.29. The number of aryl methyl sites for hydroxylation is 4. The number of rotatable bonds is 0. The summed E-state index contributed by atoms with van der Waals surface area (Å²) in [4.78, 5) is 0. The molecule has 1 aliphatic heterocycles. The first-order valence-electron chi connectivity index (χ1n) is 5.41. The Bertz CT molecular complexity index is 523. The average Bonchev–Trinajstić information content (AvgIpc) is 2.61. The lowest BCUT2D eigenvalue weighted by Gasteiger charge is -2.15. The van der Waals surface area contributed by atoms with Crippen LogP contribution < -0.4 is 4.57 Å². The fourth-order valence-electron chi connectivity index (χ4n) is 2.52. The summed E-state index contributed by atoms with van der Waals surface area (Å²) in [6.07, 6.45) is 5.46. The second-order valence-corrected chi connectivity index (χ2v) is 4.29. The van der Waals surface area contributed by atoms with Crippen LogP contribution in [0.2, 0.25) is 0 Å². The smallest absolute Gasteiger partial charge is 0.233 e. The van der Waals surface area contributed by atoms with Gasteiger partial charge in [-0.3, -0.25) is 0 Å². The lowest BCUT2D eigenvalue weighted by Crippen LogP contribution is -2.31. The van der Waals surface area contributed by atoms with Crippen molar-refractivity contribution in [3.8, 4) is 11.4 Å². The summed E-state index contributed by atoms with van der Waals surface area (Å²) >= 11 is 0. The van der Waals surface area contributed by atoms with Gasteiger partial charge in [-0.1, -0.05) is 18.2 Å². The van der Waals surface area contributed by atoms with Gasteiger partial charge < -0.3 is 0 Å². The summed E-state index contributed by atoms with van der Waals surface area (Å²) in [5.74, 6) is 1.34. The molecule has 0 N–H and O–H groups in total. The normalized spacial score (nSPS) is 13.5. The van der Waals surface area contributed by atoms with Crippen molar-refractivity contribution in [3.63, 3.8) is 0 Å². The van der Waals surface area contributed by atoms with Crippen LogP contribution in [0.5, 0.6) is 0 Å². The molecule has 0 amide bonds. The van der Waals surface area contributed by atoms with Crippen molar-refractivity contribution < 1.29 is 4.57 Å². The van der Waals surface area contributed by atoms with Gasteiger partial charge in [-0.25, -0.2) is 9.13 Å². The first-order valence-corrected chi connectivity index (χ1v) is 5.41. The first kappa shape index (κ1) is 8.72.